The van der Waals surface area contributed by atoms with Crippen LogP contribution in [0.15, 0.2) is 48.5 Å². The molecule has 1 aliphatic heterocycles. The van der Waals surface area contributed by atoms with Gasteiger partial charge in [-0.2, -0.15) is 0 Å². The highest BCUT2D eigenvalue weighted by molar-refractivity contribution is 8.01. The summed E-state index contributed by atoms with van der Waals surface area (Å²) in [6, 6.07) is 14.7. The Morgan fingerprint density at radius 2 is 1.73 bits per heavy atom. The number of benzene rings is 2. The number of amides is 3. The summed E-state index contributed by atoms with van der Waals surface area (Å²) in [6.07, 6.45) is 0.120. The molecule has 6 heteroatoms. The van der Waals surface area contributed by atoms with E-state index in [2.05, 4.69) is 5.32 Å². The predicted molar refractivity (Wildman–Crippen MR) is 104 cm³/mol. The molecule has 0 aliphatic carbocycles. The molecule has 3 rings (SSSR count). The van der Waals surface area contributed by atoms with E-state index in [9.17, 15) is 14.4 Å². The number of carbonyl (C=O) groups excluding carboxylic acids is 3. The van der Waals surface area contributed by atoms with E-state index in [1.54, 1.807) is 24.3 Å². The Kier molecular flexibility index (Phi) is 5.42. The Hall–Kier alpha value is -2.60. The van der Waals surface area contributed by atoms with Crippen molar-refractivity contribution in [3.05, 3.63) is 59.7 Å². The Bertz CT molecular complexity index is 831. The molecule has 1 heterocycles. The summed E-state index contributed by atoms with van der Waals surface area (Å²) >= 11 is 1.21. The molecular weight excluding hydrogens is 348 g/mol. The van der Waals surface area contributed by atoms with Crippen LogP contribution < -0.4 is 10.2 Å². The van der Waals surface area contributed by atoms with Gasteiger partial charge in [-0.25, -0.2) is 4.90 Å². The smallest absolute Gasteiger partial charge is 0.247 e. The SMILES string of the molecule is Cc1cccc(C)c1NC(=O)CSC1CC(=O)N(c2ccccc2)C1=O. The number of nitrogens with zero attached hydrogens (tertiary/aromatic N) is 1. The predicted octanol–water partition coefficient (Wildman–Crippen LogP) is 3.31. The molecule has 0 spiro atoms. The summed E-state index contributed by atoms with van der Waals surface area (Å²) in [5.41, 5.74) is 3.36. The van der Waals surface area contributed by atoms with Crippen LogP contribution in [0.3, 0.4) is 0 Å². The van der Waals surface area contributed by atoms with Gasteiger partial charge in [0.15, 0.2) is 0 Å². The summed E-state index contributed by atoms with van der Waals surface area (Å²) in [4.78, 5) is 38.2. The highest BCUT2D eigenvalue weighted by atomic mass is 32.2. The minimum atomic E-state index is -0.522. The fraction of sp³-hybridized carbons (Fsp3) is 0.250. The summed E-state index contributed by atoms with van der Waals surface area (Å²) in [6.45, 7) is 3.87. The number of anilines is 2. The van der Waals surface area contributed by atoms with Crippen molar-refractivity contribution >= 4 is 40.9 Å². The second-order valence-electron chi connectivity index (χ2n) is 6.22. The maximum absolute atomic E-state index is 12.5. The van der Waals surface area contributed by atoms with Crippen molar-refractivity contribution in [2.75, 3.05) is 16.0 Å². The number of imide groups is 1. The monoisotopic (exact) mass is 368 g/mol. The molecule has 1 N–H and O–H groups in total. The fourth-order valence-electron chi connectivity index (χ4n) is 2.95. The zero-order chi connectivity index (χ0) is 18.7. The van der Waals surface area contributed by atoms with E-state index in [-0.39, 0.29) is 29.9 Å². The number of hydrogen-bond acceptors (Lipinski definition) is 4. The van der Waals surface area contributed by atoms with Crippen molar-refractivity contribution in [3.63, 3.8) is 0 Å². The fourth-order valence-corrected chi connectivity index (χ4v) is 3.88. The lowest BCUT2D eigenvalue weighted by molar-refractivity contribution is -0.121. The van der Waals surface area contributed by atoms with Crippen LogP contribution in [0.25, 0.3) is 0 Å². The lowest BCUT2D eigenvalue weighted by Gasteiger charge is -2.15. The molecule has 1 atom stereocenters. The van der Waals surface area contributed by atoms with E-state index in [1.807, 2.05) is 38.1 Å². The van der Waals surface area contributed by atoms with Gasteiger partial charge in [0.1, 0.15) is 0 Å². The third-order valence-corrected chi connectivity index (χ3v) is 5.48. The molecule has 2 aromatic rings. The summed E-state index contributed by atoms with van der Waals surface area (Å²) < 4.78 is 0. The van der Waals surface area contributed by atoms with E-state index >= 15 is 0 Å². The van der Waals surface area contributed by atoms with Crippen LogP contribution in [0.4, 0.5) is 11.4 Å². The number of carbonyl (C=O) groups is 3. The van der Waals surface area contributed by atoms with E-state index in [0.717, 1.165) is 16.8 Å². The van der Waals surface area contributed by atoms with Gasteiger partial charge in [0.25, 0.3) is 0 Å². The van der Waals surface area contributed by atoms with Crippen molar-refractivity contribution in [1.82, 2.24) is 0 Å². The second kappa shape index (κ2) is 7.74. The molecule has 0 radical (unpaired) electrons. The van der Waals surface area contributed by atoms with Crippen molar-refractivity contribution < 1.29 is 14.4 Å². The Morgan fingerprint density at radius 1 is 1.08 bits per heavy atom. The molecule has 26 heavy (non-hydrogen) atoms. The average molecular weight is 368 g/mol. The van der Waals surface area contributed by atoms with Crippen LogP contribution in [0.2, 0.25) is 0 Å². The van der Waals surface area contributed by atoms with Crippen molar-refractivity contribution in [1.29, 1.82) is 0 Å². The molecule has 0 bridgehead atoms. The van der Waals surface area contributed by atoms with Gasteiger partial charge >= 0.3 is 0 Å². The van der Waals surface area contributed by atoms with E-state index in [0.29, 0.717) is 5.69 Å². The van der Waals surface area contributed by atoms with Crippen LogP contribution in [-0.2, 0) is 14.4 Å². The first-order valence-electron chi connectivity index (χ1n) is 8.37. The highest BCUT2D eigenvalue weighted by Crippen LogP contribution is 2.29. The summed E-state index contributed by atoms with van der Waals surface area (Å²) in [5.74, 6) is -0.536. The number of rotatable bonds is 5. The third-order valence-electron chi connectivity index (χ3n) is 4.28. The van der Waals surface area contributed by atoms with Gasteiger partial charge in [-0.05, 0) is 37.1 Å². The molecule has 2 aromatic carbocycles. The molecular formula is C20H20N2O3S. The lowest BCUT2D eigenvalue weighted by Crippen LogP contribution is -2.31. The average Bonchev–Trinajstić information content (AvgIpc) is 2.91. The summed E-state index contributed by atoms with van der Waals surface area (Å²) in [5, 5.41) is 2.38. The number of para-hydroxylation sites is 2. The Balaban J connectivity index is 1.61. The van der Waals surface area contributed by atoms with Gasteiger partial charge in [-0.15, -0.1) is 11.8 Å². The molecule has 1 saturated heterocycles. The maximum Gasteiger partial charge on any atom is 0.247 e. The number of thioether (sulfide) groups is 1. The van der Waals surface area contributed by atoms with Crippen LogP contribution in [0, 0.1) is 13.8 Å². The third kappa shape index (κ3) is 3.80. The first-order chi connectivity index (χ1) is 12.5. The standard InChI is InChI=1S/C20H20N2O3S/c1-13-7-6-8-14(2)19(13)21-17(23)12-26-16-11-18(24)22(20(16)25)15-9-4-3-5-10-15/h3-10,16H,11-12H2,1-2H3,(H,21,23). The minimum absolute atomic E-state index is 0.120. The molecule has 1 aliphatic rings. The topological polar surface area (TPSA) is 66.5 Å². The lowest BCUT2D eigenvalue weighted by atomic mass is 10.1. The molecule has 1 unspecified atom stereocenters. The van der Waals surface area contributed by atoms with Crippen molar-refractivity contribution in [3.8, 4) is 0 Å². The molecule has 1 fully saturated rings. The normalized spacial score (nSPS) is 16.8. The van der Waals surface area contributed by atoms with Crippen LogP contribution in [-0.4, -0.2) is 28.7 Å². The Morgan fingerprint density at radius 3 is 2.38 bits per heavy atom. The van der Waals surface area contributed by atoms with Crippen molar-refractivity contribution in [2.45, 2.75) is 25.5 Å². The van der Waals surface area contributed by atoms with Gasteiger partial charge in [-0.1, -0.05) is 36.4 Å². The van der Waals surface area contributed by atoms with Gasteiger partial charge in [0, 0.05) is 12.1 Å². The Labute approximate surface area is 156 Å². The van der Waals surface area contributed by atoms with E-state index in [4.69, 9.17) is 0 Å². The zero-order valence-electron chi connectivity index (χ0n) is 14.7. The van der Waals surface area contributed by atoms with Gasteiger partial charge in [0.05, 0.1) is 16.7 Å². The molecule has 5 nitrogen and oxygen atoms in total. The zero-order valence-corrected chi connectivity index (χ0v) is 15.5. The largest absolute Gasteiger partial charge is 0.325 e. The van der Waals surface area contributed by atoms with Gasteiger partial charge < -0.3 is 5.32 Å². The first kappa shape index (κ1) is 18.2. The molecule has 3 amide bonds. The van der Waals surface area contributed by atoms with E-state index < -0.39 is 5.25 Å². The first-order valence-corrected chi connectivity index (χ1v) is 9.42. The molecule has 134 valence electrons. The highest BCUT2D eigenvalue weighted by Gasteiger charge is 2.39. The van der Waals surface area contributed by atoms with Crippen molar-refractivity contribution in [2.24, 2.45) is 0 Å². The molecule has 0 saturated carbocycles. The van der Waals surface area contributed by atoms with Gasteiger partial charge in [0.2, 0.25) is 17.7 Å². The number of hydrogen-bond donors (Lipinski definition) is 1. The minimum Gasteiger partial charge on any atom is -0.325 e. The van der Waals surface area contributed by atoms with Crippen LogP contribution in [0.5, 0.6) is 0 Å². The quantitative estimate of drug-likeness (QED) is 0.823. The maximum atomic E-state index is 12.5. The van der Waals surface area contributed by atoms with Gasteiger partial charge in [-0.3, -0.25) is 14.4 Å². The second-order valence-corrected chi connectivity index (χ2v) is 7.41. The van der Waals surface area contributed by atoms with Crippen LogP contribution in [0.1, 0.15) is 17.5 Å². The number of nitrogens with one attached hydrogen (secondary N) is 1. The number of aryl methyl sites for hydroxylation is 2. The van der Waals surface area contributed by atoms with Crippen LogP contribution >= 0.6 is 11.8 Å². The van der Waals surface area contributed by atoms with E-state index in [1.165, 1.54) is 16.7 Å². The molecule has 0 aromatic heterocycles. The summed E-state index contributed by atoms with van der Waals surface area (Å²) in [7, 11) is 0.